The van der Waals surface area contributed by atoms with Crippen LogP contribution in [0.4, 0.5) is 0 Å². The minimum Gasteiger partial charge on any atom is -0.464 e. The Morgan fingerprint density at radius 2 is 1.54 bits per heavy atom. The van der Waals surface area contributed by atoms with Crippen molar-refractivity contribution in [1.29, 1.82) is 0 Å². The number of esters is 2. The van der Waals surface area contributed by atoms with Gasteiger partial charge in [-0.05, 0) is 41.0 Å². The molecule has 2 amide bonds. The monoisotopic (exact) mass is 558 g/mol. The zero-order valence-corrected chi connectivity index (χ0v) is 24.8. The minimum atomic E-state index is -1.15. The van der Waals surface area contributed by atoms with Crippen LogP contribution in [-0.4, -0.2) is 95.7 Å². The summed E-state index contributed by atoms with van der Waals surface area (Å²) in [5, 5.41) is 12.5. The third-order valence-corrected chi connectivity index (χ3v) is 6.03. The van der Waals surface area contributed by atoms with Gasteiger partial charge in [0.2, 0.25) is 11.8 Å². The Kier molecular flexibility index (Phi) is 12.1. The van der Waals surface area contributed by atoms with Gasteiger partial charge in [0.15, 0.2) is 0 Å². The Morgan fingerprint density at radius 1 is 0.974 bits per heavy atom. The summed E-state index contributed by atoms with van der Waals surface area (Å²) in [6, 6.07) is -1.94. The van der Waals surface area contributed by atoms with E-state index in [9.17, 15) is 29.3 Å². The van der Waals surface area contributed by atoms with Crippen molar-refractivity contribution in [2.45, 2.75) is 92.8 Å². The zero-order valence-electron chi connectivity index (χ0n) is 24.8. The number of rotatable bonds is 12. The van der Waals surface area contributed by atoms with E-state index < -0.39 is 45.5 Å². The number of hydrogen-bond donors (Lipinski definition) is 1. The number of carbonyl (C=O) groups is 4. The molecule has 13 heteroatoms. The number of carbonyl (C=O) groups excluding carboxylic acids is 4. The van der Waals surface area contributed by atoms with Crippen LogP contribution in [0.15, 0.2) is 0 Å². The standard InChI is InChI=1S/C26H46N4O9/c1-10-15-37-21(32)20(27-22(33)24(2,3)4)18(16-19(31)39-25(5,6)7)28-11-13-29(14-12-28)23(34)26(8,9)17-38-30(35)36/h18,20H,10-17H2,1-9H3,(H,27,33)/t18?,20-/m0/s1. The van der Waals surface area contributed by atoms with Crippen molar-refractivity contribution in [2.75, 3.05) is 39.4 Å². The van der Waals surface area contributed by atoms with Crippen molar-refractivity contribution < 1.29 is 38.6 Å². The fraction of sp³-hybridized carbons (Fsp3) is 0.846. The van der Waals surface area contributed by atoms with Crippen LogP contribution in [0.1, 0.15) is 75.2 Å². The van der Waals surface area contributed by atoms with E-state index in [0.717, 1.165) is 0 Å². The molecule has 39 heavy (non-hydrogen) atoms. The van der Waals surface area contributed by atoms with Crippen LogP contribution >= 0.6 is 0 Å². The third kappa shape index (κ3) is 11.4. The van der Waals surface area contributed by atoms with Crippen molar-refractivity contribution in [3.05, 3.63) is 10.1 Å². The summed E-state index contributed by atoms with van der Waals surface area (Å²) in [7, 11) is 0. The van der Waals surface area contributed by atoms with Gasteiger partial charge in [0.1, 0.15) is 18.2 Å². The van der Waals surface area contributed by atoms with E-state index in [1.54, 1.807) is 60.3 Å². The van der Waals surface area contributed by atoms with Gasteiger partial charge in [-0.1, -0.05) is 27.7 Å². The number of piperazine rings is 1. The number of amides is 2. The van der Waals surface area contributed by atoms with Crippen LogP contribution in [0.25, 0.3) is 0 Å². The molecule has 1 heterocycles. The van der Waals surface area contributed by atoms with Gasteiger partial charge in [0.25, 0.3) is 5.09 Å². The summed E-state index contributed by atoms with van der Waals surface area (Å²) in [5.74, 6) is -1.88. The predicted molar refractivity (Wildman–Crippen MR) is 142 cm³/mol. The van der Waals surface area contributed by atoms with Gasteiger partial charge in [-0.3, -0.25) is 19.3 Å². The van der Waals surface area contributed by atoms with Crippen LogP contribution in [0.5, 0.6) is 0 Å². The maximum Gasteiger partial charge on any atom is 0.330 e. The number of nitrogens with zero attached hydrogens (tertiary/aromatic N) is 3. The van der Waals surface area contributed by atoms with Crippen LogP contribution in [0.3, 0.4) is 0 Å². The van der Waals surface area contributed by atoms with Crippen LogP contribution < -0.4 is 5.32 Å². The van der Waals surface area contributed by atoms with E-state index in [2.05, 4.69) is 10.2 Å². The van der Waals surface area contributed by atoms with E-state index in [0.29, 0.717) is 6.42 Å². The molecule has 1 rings (SSSR count). The molecule has 2 atom stereocenters. The first-order valence-electron chi connectivity index (χ1n) is 13.3. The smallest absolute Gasteiger partial charge is 0.330 e. The van der Waals surface area contributed by atoms with Gasteiger partial charge in [0, 0.05) is 31.6 Å². The number of hydrogen-bond acceptors (Lipinski definition) is 10. The lowest BCUT2D eigenvalue weighted by atomic mass is 9.92. The van der Waals surface area contributed by atoms with Crippen molar-refractivity contribution in [3.63, 3.8) is 0 Å². The van der Waals surface area contributed by atoms with Crippen LogP contribution in [-0.2, 0) is 33.5 Å². The second kappa shape index (κ2) is 13.9. The van der Waals surface area contributed by atoms with Crippen molar-refractivity contribution in [2.24, 2.45) is 10.8 Å². The van der Waals surface area contributed by atoms with Crippen molar-refractivity contribution in [3.8, 4) is 0 Å². The van der Waals surface area contributed by atoms with Gasteiger partial charge < -0.3 is 24.5 Å². The molecule has 0 saturated carbocycles. The molecule has 224 valence electrons. The highest BCUT2D eigenvalue weighted by molar-refractivity contribution is 5.88. The lowest BCUT2D eigenvalue weighted by molar-refractivity contribution is -0.760. The first-order chi connectivity index (χ1) is 17.8. The van der Waals surface area contributed by atoms with Gasteiger partial charge in [0.05, 0.1) is 24.5 Å². The Hall–Kier alpha value is -2.96. The van der Waals surface area contributed by atoms with Gasteiger partial charge in [-0.2, -0.15) is 0 Å². The first-order valence-corrected chi connectivity index (χ1v) is 13.3. The summed E-state index contributed by atoms with van der Waals surface area (Å²) in [4.78, 5) is 70.6. The largest absolute Gasteiger partial charge is 0.464 e. The normalized spacial score (nSPS) is 16.6. The predicted octanol–water partition coefficient (Wildman–Crippen LogP) is 1.95. The van der Waals surface area contributed by atoms with E-state index in [1.807, 2.05) is 11.8 Å². The highest BCUT2D eigenvalue weighted by Crippen LogP contribution is 2.24. The highest BCUT2D eigenvalue weighted by atomic mass is 16.9. The maximum absolute atomic E-state index is 13.2. The molecule has 0 aromatic carbocycles. The Morgan fingerprint density at radius 3 is 2.00 bits per heavy atom. The summed E-state index contributed by atoms with van der Waals surface area (Å²) in [6.07, 6.45) is 0.392. The average molecular weight is 559 g/mol. The molecule has 1 unspecified atom stereocenters. The molecule has 13 nitrogen and oxygen atoms in total. The molecule has 0 aliphatic carbocycles. The molecule has 1 saturated heterocycles. The van der Waals surface area contributed by atoms with E-state index in [-0.39, 0.29) is 57.6 Å². The quantitative estimate of drug-likeness (QED) is 0.213. The van der Waals surface area contributed by atoms with E-state index >= 15 is 0 Å². The van der Waals surface area contributed by atoms with Crippen molar-refractivity contribution >= 4 is 23.8 Å². The Bertz CT molecular complexity index is 885. The lowest BCUT2D eigenvalue weighted by Crippen LogP contribution is -2.62. The topological polar surface area (TPSA) is 158 Å². The van der Waals surface area contributed by atoms with Gasteiger partial charge >= 0.3 is 11.9 Å². The molecule has 0 bridgehead atoms. The summed E-state index contributed by atoms with van der Waals surface area (Å²) >= 11 is 0. The van der Waals surface area contributed by atoms with Gasteiger partial charge in [-0.15, -0.1) is 10.1 Å². The molecule has 0 aromatic heterocycles. The summed E-state index contributed by atoms with van der Waals surface area (Å²) < 4.78 is 10.9. The Labute approximate surface area is 231 Å². The molecule has 1 N–H and O–H groups in total. The third-order valence-electron chi connectivity index (χ3n) is 6.03. The van der Waals surface area contributed by atoms with E-state index in [1.165, 1.54) is 0 Å². The second-order valence-electron chi connectivity index (χ2n) is 12.4. The molecule has 0 spiro atoms. The molecule has 1 fully saturated rings. The minimum absolute atomic E-state index is 0.156. The maximum atomic E-state index is 13.2. The number of ether oxygens (including phenoxy) is 2. The van der Waals surface area contributed by atoms with E-state index in [4.69, 9.17) is 9.47 Å². The SMILES string of the molecule is CCCOC(=O)[C@@H](NC(=O)C(C)(C)C)C(CC(=O)OC(C)(C)C)N1CCN(C(=O)C(C)(C)CO[N+](=O)[O-])CC1. The summed E-state index contributed by atoms with van der Waals surface area (Å²) in [6.45, 7) is 16.2. The fourth-order valence-electron chi connectivity index (χ4n) is 3.93. The first kappa shape index (κ1) is 34.1. The zero-order chi connectivity index (χ0) is 30.2. The molecular weight excluding hydrogens is 512 g/mol. The number of nitrogens with one attached hydrogen (secondary N) is 1. The van der Waals surface area contributed by atoms with Crippen molar-refractivity contribution in [1.82, 2.24) is 15.1 Å². The van der Waals surface area contributed by atoms with Crippen LogP contribution in [0.2, 0.25) is 0 Å². The lowest BCUT2D eigenvalue weighted by Gasteiger charge is -2.43. The molecule has 1 aliphatic rings. The second-order valence-corrected chi connectivity index (χ2v) is 12.4. The highest BCUT2D eigenvalue weighted by Gasteiger charge is 2.42. The average Bonchev–Trinajstić information content (AvgIpc) is 2.81. The molecule has 0 radical (unpaired) electrons. The fourth-order valence-corrected chi connectivity index (χ4v) is 3.93. The van der Waals surface area contributed by atoms with Gasteiger partial charge in [-0.25, -0.2) is 4.79 Å². The summed E-state index contributed by atoms with van der Waals surface area (Å²) in [5.41, 5.74) is -2.68. The molecular formula is C26H46N4O9. The molecule has 0 aromatic rings. The Balaban J connectivity index is 3.23. The van der Waals surface area contributed by atoms with Crippen LogP contribution in [0, 0.1) is 20.9 Å². The molecule has 1 aliphatic heterocycles.